The van der Waals surface area contributed by atoms with Crippen LogP contribution in [0.15, 0.2) is 16.7 Å². The number of aromatic nitrogens is 1. The summed E-state index contributed by atoms with van der Waals surface area (Å²) in [6.45, 7) is 0. The van der Waals surface area contributed by atoms with E-state index in [1.807, 2.05) is 0 Å². The maximum Gasteiger partial charge on any atom is 0.471 e. The van der Waals surface area contributed by atoms with Gasteiger partial charge >= 0.3 is 18.1 Å². The van der Waals surface area contributed by atoms with Gasteiger partial charge in [0.15, 0.2) is 0 Å². The van der Waals surface area contributed by atoms with Crippen molar-refractivity contribution >= 4 is 33.6 Å². The van der Waals surface area contributed by atoms with Gasteiger partial charge < -0.3 is 10.4 Å². The Morgan fingerprint density at radius 3 is 2.41 bits per heavy atom. The van der Waals surface area contributed by atoms with Gasteiger partial charge in [0.2, 0.25) is 0 Å². The van der Waals surface area contributed by atoms with Crippen LogP contribution in [0.1, 0.15) is 10.4 Å². The standard InChI is InChI=1S/C8H4BrF3N2O3/c9-4-1-3(6(15)16)2-13-5(4)14-7(17)8(10,11)12/h1-2H,(H,15,16)(H,13,14,17). The molecule has 1 aromatic heterocycles. The number of halogens is 4. The van der Waals surface area contributed by atoms with Crippen molar-refractivity contribution in [1.82, 2.24) is 4.98 Å². The maximum atomic E-state index is 11.9. The number of hydrogen-bond donors (Lipinski definition) is 2. The van der Waals surface area contributed by atoms with Gasteiger partial charge in [-0.15, -0.1) is 0 Å². The lowest BCUT2D eigenvalue weighted by atomic mass is 10.3. The molecule has 0 atom stereocenters. The molecule has 0 fully saturated rings. The molecule has 17 heavy (non-hydrogen) atoms. The topological polar surface area (TPSA) is 79.3 Å². The zero-order chi connectivity index (χ0) is 13.2. The van der Waals surface area contributed by atoms with E-state index in [1.165, 1.54) is 5.32 Å². The minimum Gasteiger partial charge on any atom is -0.478 e. The number of hydrogen-bond acceptors (Lipinski definition) is 3. The zero-order valence-corrected chi connectivity index (χ0v) is 9.46. The Labute approximate surface area is 101 Å². The van der Waals surface area contributed by atoms with E-state index in [0.717, 1.165) is 12.3 Å². The van der Waals surface area contributed by atoms with Crippen LogP contribution < -0.4 is 5.32 Å². The van der Waals surface area contributed by atoms with Gasteiger partial charge in [0.1, 0.15) is 5.82 Å². The van der Waals surface area contributed by atoms with Gasteiger partial charge in [0.05, 0.1) is 10.0 Å². The van der Waals surface area contributed by atoms with E-state index >= 15 is 0 Å². The van der Waals surface area contributed by atoms with E-state index in [0.29, 0.717) is 0 Å². The Kier molecular flexibility index (Phi) is 3.71. The number of amides is 1. The van der Waals surface area contributed by atoms with Crippen molar-refractivity contribution < 1.29 is 27.9 Å². The summed E-state index contributed by atoms with van der Waals surface area (Å²) in [5.74, 6) is -3.88. The van der Waals surface area contributed by atoms with Crippen LogP contribution in [0.4, 0.5) is 19.0 Å². The van der Waals surface area contributed by atoms with Gasteiger partial charge in [-0.05, 0) is 22.0 Å². The van der Waals surface area contributed by atoms with Crippen molar-refractivity contribution in [1.29, 1.82) is 0 Å². The number of nitrogens with zero attached hydrogens (tertiary/aromatic N) is 1. The third-order valence-electron chi connectivity index (χ3n) is 1.58. The number of alkyl halides is 3. The van der Waals surface area contributed by atoms with Gasteiger partial charge in [0.25, 0.3) is 0 Å². The van der Waals surface area contributed by atoms with Gasteiger partial charge in [-0.25, -0.2) is 9.78 Å². The van der Waals surface area contributed by atoms with E-state index < -0.39 is 23.9 Å². The third kappa shape index (κ3) is 3.41. The monoisotopic (exact) mass is 312 g/mol. The summed E-state index contributed by atoms with van der Waals surface area (Å²) in [6.07, 6.45) is -4.20. The van der Waals surface area contributed by atoms with Gasteiger partial charge in [0, 0.05) is 6.20 Å². The number of carbonyl (C=O) groups is 2. The normalized spacial score (nSPS) is 11.1. The summed E-state index contributed by atoms with van der Waals surface area (Å²) in [5.41, 5.74) is -0.220. The highest BCUT2D eigenvalue weighted by Crippen LogP contribution is 2.23. The van der Waals surface area contributed by atoms with Crippen molar-refractivity contribution in [2.75, 3.05) is 5.32 Å². The van der Waals surface area contributed by atoms with Crippen molar-refractivity contribution in [3.8, 4) is 0 Å². The van der Waals surface area contributed by atoms with Crippen molar-refractivity contribution in [2.45, 2.75) is 6.18 Å². The number of pyridine rings is 1. The molecule has 1 heterocycles. The number of anilines is 1. The molecule has 0 radical (unpaired) electrons. The summed E-state index contributed by atoms with van der Waals surface area (Å²) < 4.78 is 35.7. The lowest BCUT2D eigenvalue weighted by molar-refractivity contribution is -0.167. The fraction of sp³-hybridized carbons (Fsp3) is 0.125. The first-order valence-corrected chi connectivity index (χ1v) is 4.78. The Bertz CT molecular complexity index is 476. The van der Waals surface area contributed by atoms with Crippen LogP contribution in [0.25, 0.3) is 0 Å². The number of carboxylic acid groups (broad SMARTS) is 1. The van der Waals surface area contributed by atoms with Crippen LogP contribution in [0.2, 0.25) is 0 Å². The molecule has 1 aromatic rings. The molecule has 0 unspecified atom stereocenters. The molecule has 92 valence electrons. The molecule has 5 nitrogen and oxygen atoms in total. The maximum absolute atomic E-state index is 11.9. The molecule has 0 aliphatic heterocycles. The number of aromatic carboxylic acids is 1. The molecule has 0 bridgehead atoms. The molecule has 0 aliphatic carbocycles. The fourth-order valence-corrected chi connectivity index (χ4v) is 1.27. The second kappa shape index (κ2) is 4.70. The summed E-state index contributed by atoms with van der Waals surface area (Å²) in [4.78, 5) is 24.5. The first-order valence-electron chi connectivity index (χ1n) is 3.99. The van der Waals surface area contributed by atoms with E-state index in [2.05, 4.69) is 20.9 Å². The molecular weight excluding hydrogens is 309 g/mol. The van der Waals surface area contributed by atoms with Crippen LogP contribution >= 0.6 is 15.9 Å². The lowest BCUT2D eigenvalue weighted by Crippen LogP contribution is -2.30. The molecule has 0 saturated carbocycles. The van der Waals surface area contributed by atoms with Crippen LogP contribution in [-0.4, -0.2) is 28.1 Å². The number of carboxylic acids is 1. The SMILES string of the molecule is O=C(O)c1cnc(NC(=O)C(F)(F)F)c(Br)c1. The molecular formula is C8H4BrF3N2O3. The molecule has 0 spiro atoms. The van der Waals surface area contributed by atoms with Crippen LogP contribution in [0.5, 0.6) is 0 Å². The number of rotatable bonds is 2. The molecule has 0 saturated heterocycles. The van der Waals surface area contributed by atoms with E-state index in [4.69, 9.17) is 5.11 Å². The second-order valence-corrected chi connectivity index (χ2v) is 3.67. The second-order valence-electron chi connectivity index (χ2n) is 2.81. The number of nitrogens with one attached hydrogen (secondary N) is 1. The molecule has 2 N–H and O–H groups in total. The molecule has 1 amide bonds. The Morgan fingerprint density at radius 1 is 1.41 bits per heavy atom. The van der Waals surface area contributed by atoms with Crippen molar-refractivity contribution in [3.63, 3.8) is 0 Å². The van der Waals surface area contributed by atoms with Crippen LogP contribution in [-0.2, 0) is 4.79 Å². The number of carbonyl (C=O) groups excluding carboxylic acids is 1. The highest BCUT2D eigenvalue weighted by atomic mass is 79.9. The van der Waals surface area contributed by atoms with E-state index in [9.17, 15) is 22.8 Å². The van der Waals surface area contributed by atoms with Crippen molar-refractivity contribution in [2.24, 2.45) is 0 Å². The lowest BCUT2D eigenvalue weighted by Gasteiger charge is -2.08. The first kappa shape index (κ1) is 13.4. The third-order valence-corrected chi connectivity index (χ3v) is 2.18. The molecule has 0 aliphatic rings. The quantitative estimate of drug-likeness (QED) is 0.876. The average molecular weight is 313 g/mol. The summed E-state index contributed by atoms with van der Waals surface area (Å²) in [5, 5.41) is 10.1. The summed E-state index contributed by atoms with van der Waals surface area (Å²) >= 11 is 2.80. The van der Waals surface area contributed by atoms with Gasteiger partial charge in [-0.3, -0.25) is 4.79 Å². The fourth-order valence-electron chi connectivity index (χ4n) is 0.825. The van der Waals surface area contributed by atoms with Gasteiger partial charge in [-0.1, -0.05) is 0 Å². The Hall–Kier alpha value is -1.64. The minimum absolute atomic E-state index is 0.0602. The summed E-state index contributed by atoms with van der Waals surface area (Å²) in [7, 11) is 0. The van der Waals surface area contributed by atoms with Gasteiger partial charge in [-0.2, -0.15) is 13.2 Å². The highest BCUT2D eigenvalue weighted by molar-refractivity contribution is 9.10. The predicted molar refractivity (Wildman–Crippen MR) is 53.6 cm³/mol. The highest BCUT2D eigenvalue weighted by Gasteiger charge is 2.39. The largest absolute Gasteiger partial charge is 0.478 e. The zero-order valence-electron chi connectivity index (χ0n) is 7.88. The molecule has 9 heteroatoms. The van der Waals surface area contributed by atoms with Crippen LogP contribution in [0, 0.1) is 0 Å². The smallest absolute Gasteiger partial charge is 0.471 e. The Morgan fingerprint density at radius 2 is 2.00 bits per heavy atom. The van der Waals surface area contributed by atoms with E-state index in [-0.39, 0.29) is 10.0 Å². The first-order chi connectivity index (χ1) is 7.71. The molecule has 0 aromatic carbocycles. The molecule has 1 rings (SSSR count). The average Bonchev–Trinajstić information content (AvgIpc) is 2.19. The Balaban J connectivity index is 2.95. The van der Waals surface area contributed by atoms with Crippen LogP contribution in [0.3, 0.4) is 0 Å². The summed E-state index contributed by atoms with van der Waals surface area (Å²) in [6, 6.07) is 1.03. The van der Waals surface area contributed by atoms with Crippen molar-refractivity contribution in [3.05, 3.63) is 22.3 Å². The van der Waals surface area contributed by atoms with E-state index in [1.54, 1.807) is 0 Å². The predicted octanol–water partition coefficient (Wildman–Crippen LogP) is 2.04. The minimum atomic E-state index is -5.04.